The number of hydrogen-bond acceptors (Lipinski definition) is 7. The van der Waals surface area contributed by atoms with Crippen molar-refractivity contribution in [3.05, 3.63) is 61.1 Å². The van der Waals surface area contributed by atoms with Crippen molar-refractivity contribution in [1.82, 2.24) is 0 Å². The molecule has 2 aromatic rings. The first-order valence-electron chi connectivity index (χ1n) is 10.9. The number of thiophene rings is 2. The zero-order valence-corrected chi connectivity index (χ0v) is 19.8. The number of carbonyl (C=O) groups is 1. The molecule has 0 fully saturated rings. The quantitative estimate of drug-likeness (QED) is 0.638. The van der Waals surface area contributed by atoms with Gasteiger partial charge in [0.05, 0.1) is 23.1 Å². The maximum absolute atomic E-state index is 13.5. The van der Waals surface area contributed by atoms with Gasteiger partial charge in [0, 0.05) is 27.4 Å². The third-order valence-electron chi connectivity index (χ3n) is 6.68. The van der Waals surface area contributed by atoms with Gasteiger partial charge in [0.2, 0.25) is 0 Å². The monoisotopic (exact) mass is 460 g/mol. The van der Waals surface area contributed by atoms with Crippen LogP contribution < -0.4 is 10.6 Å². The molecule has 2 N–H and O–H groups in total. The highest BCUT2D eigenvalue weighted by Crippen LogP contribution is 2.53. The van der Waals surface area contributed by atoms with Gasteiger partial charge in [-0.15, -0.1) is 22.7 Å². The van der Waals surface area contributed by atoms with Crippen LogP contribution in [0.3, 0.4) is 0 Å². The van der Waals surface area contributed by atoms with Gasteiger partial charge in [-0.2, -0.15) is 10.5 Å². The summed E-state index contributed by atoms with van der Waals surface area (Å²) in [6.07, 6.45) is 5.16. The molecule has 0 bridgehead atoms. The van der Waals surface area contributed by atoms with Gasteiger partial charge >= 0.3 is 0 Å². The highest BCUT2D eigenvalue weighted by molar-refractivity contribution is 7.16. The van der Waals surface area contributed by atoms with E-state index in [9.17, 15) is 15.3 Å². The van der Waals surface area contributed by atoms with Crippen LogP contribution in [0.1, 0.15) is 66.3 Å². The number of allylic oxidation sites excluding steroid dienone is 3. The summed E-state index contributed by atoms with van der Waals surface area (Å²) in [7, 11) is 0. The highest BCUT2D eigenvalue weighted by Gasteiger charge is 2.46. The number of ketones is 1. The molecule has 3 aliphatic rings. The number of aryl methyl sites for hydroxylation is 1. The fraction of sp³-hybridized carbons (Fsp3) is 0.400. The molecule has 3 heterocycles. The summed E-state index contributed by atoms with van der Waals surface area (Å²) in [5.74, 6) is -0.0139. The largest absolute Gasteiger partial charge is 0.384 e. The Kier molecular flexibility index (Phi) is 5.00. The molecule has 0 saturated carbocycles. The van der Waals surface area contributed by atoms with Gasteiger partial charge in [-0.3, -0.25) is 9.69 Å². The number of hydrogen-bond donors (Lipinski definition) is 1. The molecule has 0 saturated heterocycles. The van der Waals surface area contributed by atoms with Crippen LogP contribution in [0.5, 0.6) is 0 Å². The van der Waals surface area contributed by atoms with E-state index in [1.807, 2.05) is 22.4 Å². The first kappa shape index (κ1) is 21.0. The normalized spacial score (nSPS) is 22.3. The van der Waals surface area contributed by atoms with Crippen LogP contribution in [0, 0.1) is 28.1 Å². The lowest BCUT2D eigenvalue weighted by Crippen LogP contribution is -2.42. The van der Waals surface area contributed by atoms with Gasteiger partial charge in [0.25, 0.3) is 0 Å². The number of nitrogens with two attached hydrogens (primary N) is 1. The molecule has 5 rings (SSSR count). The molecule has 0 aromatic carbocycles. The molecule has 32 heavy (non-hydrogen) atoms. The standard InChI is InChI=1S/C25H24N4OS2/c1-25(2)10-17-22(18(30)11-25)21(20-8-5-9-31-20)16(13-27)23(28)29(17)24-15(12-26)14-6-3-4-7-19(14)32-24/h5,8-9,21H,3-4,6-7,10-11,28H2,1-2H3. The van der Waals surface area contributed by atoms with Crippen molar-refractivity contribution in [2.24, 2.45) is 11.1 Å². The first-order chi connectivity index (χ1) is 15.4. The smallest absolute Gasteiger partial charge is 0.162 e. The van der Waals surface area contributed by atoms with E-state index in [0.717, 1.165) is 46.8 Å². The molecule has 162 valence electrons. The summed E-state index contributed by atoms with van der Waals surface area (Å²) in [4.78, 5) is 17.6. The van der Waals surface area contributed by atoms with Crippen LogP contribution >= 0.6 is 22.7 Å². The fourth-order valence-electron chi connectivity index (χ4n) is 5.31. The Morgan fingerprint density at radius 2 is 1.97 bits per heavy atom. The molecule has 0 spiro atoms. The molecule has 7 heteroatoms. The fourth-order valence-corrected chi connectivity index (χ4v) is 7.53. The van der Waals surface area contributed by atoms with Gasteiger partial charge in [-0.25, -0.2) is 0 Å². The molecular weight excluding hydrogens is 436 g/mol. The molecular formula is C25H24N4OS2. The van der Waals surface area contributed by atoms with Gasteiger partial charge < -0.3 is 5.73 Å². The molecule has 2 aromatic heterocycles. The van der Waals surface area contributed by atoms with Crippen molar-refractivity contribution in [1.29, 1.82) is 10.5 Å². The minimum atomic E-state index is -0.435. The number of fused-ring (bicyclic) bond motifs is 1. The van der Waals surface area contributed by atoms with Gasteiger partial charge in [-0.05, 0) is 54.5 Å². The molecule has 1 unspecified atom stereocenters. The Hall–Kier alpha value is -2.87. The van der Waals surface area contributed by atoms with E-state index in [1.54, 1.807) is 11.3 Å². The second kappa shape index (κ2) is 7.62. The zero-order valence-electron chi connectivity index (χ0n) is 18.2. The predicted octanol–water partition coefficient (Wildman–Crippen LogP) is 5.50. The highest BCUT2D eigenvalue weighted by atomic mass is 32.1. The van der Waals surface area contributed by atoms with Gasteiger partial charge in [-0.1, -0.05) is 19.9 Å². The van der Waals surface area contributed by atoms with Crippen molar-refractivity contribution in [2.45, 2.75) is 58.3 Å². The third kappa shape index (κ3) is 3.11. The maximum Gasteiger partial charge on any atom is 0.162 e. The minimum Gasteiger partial charge on any atom is -0.384 e. The van der Waals surface area contributed by atoms with Gasteiger partial charge in [0.15, 0.2) is 5.78 Å². The van der Waals surface area contributed by atoms with Crippen LogP contribution in [0.4, 0.5) is 5.00 Å². The molecule has 5 nitrogen and oxygen atoms in total. The van der Waals surface area contributed by atoms with Crippen LogP contribution in [0.15, 0.2) is 40.2 Å². The predicted molar refractivity (Wildman–Crippen MR) is 127 cm³/mol. The lowest BCUT2D eigenvalue weighted by molar-refractivity contribution is -0.118. The number of Topliss-reactive ketones (excluding diaryl/α,β-unsaturated/α-hetero) is 1. The van der Waals surface area contributed by atoms with Crippen molar-refractivity contribution >= 4 is 33.5 Å². The average molecular weight is 461 g/mol. The van der Waals surface area contributed by atoms with Crippen molar-refractivity contribution in [2.75, 3.05) is 4.90 Å². The lowest BCUT2D eigenvalue weighted by Gasteiger charge is -2.43. The summed E-state index contributed by atoms with van der Waals surface area (Å²) in [6, 6.07) is 8.65. The first-order valence-corrected chi connectivity index (χ1v) is 12.6. The molecule has 0 amide bonds. The van der Waals surface area contributed by atoms with Crippen LogP contribution in [0.25, 0.3) is 0 Å². The second-order valence-corrected chi connectivity index (χ2v) is 11.6. The van der Waals surface area contributed by atoms with E-state index >= 15 is 0 Å². The van der Waals surface area contributed by atoms with Crippen LogP contribution in [0.2, 0.25) is 0 Å². The van der Waals surface area contributed by atoms with E-state index in [0.29, 0.717) is 35.4 Å². The van der Waals surface area contributed by atoms with Crippen LogP contribution in [-0.4, -0.2) is 5.78 Å². The topological polar surface area (TPSA) is 93.9 Å². The molecule has 2 aliphatic carbocycles. The Labute approximate surface area is 196 Å². The Bertz CT molecular complexity index is 1260. The second-order valence-electron chi connectivity index (χ2n) is 9.50. The Balaban J connectivity index is 1.79. The number of nitriles is 2. The Morgan fingerprint density at radius 3 is 2.66 bits per heavy atom. The number of anilines is 1. The van der Waals surface area contributed by atoms with Crippen molar-refractivity contribution in [3.63, 3.8) is 0 Å². The molecule has 1 atom stereocenters. The van der Waals surface area contributed by atoms with Crippen molar-refractivity contribution < 1.29 is 4.79 Å². The average Bonchev–Trinajstić information content (AvgIpc) is 3.39. The summed E-state index contributed by atoms with van der Waals surface area (Å²) >= 11 is 3.14. The van der Waals surface area contributed by atoms with E-state index in [2.05, 4.69) is 26.0 Å². The maximum atomic E-state index is 13.5. The van der Waals surface area contributed by atoms with E-state index in [-0.39, 0.29) is 11.2 Å². The zero-order chi connectivity index (χ0) is 22.6. The summed E-state index contributed by atoms with van der Waals surface area (Å²) in [6.45, 7) is 4.19. The number of nitrogens with zero attached hydrogens (tertiary/aromatic N) is 3. The minimum absolute atomic E-state index is 0.0692. The van der Waals surface area contributed by atoms with Gasteiger partial charge in [0.1, 0.15) is 16.9 Å². The number of rotatable bonds is 2. The SMILES string of the molecule is CC1(C)CC(=O)C2=C(C1)N(c1sc3c(c1C#N)CCCC3)C(N)=C(C#N)C2c1cccs1. The third-order valence-corrected chi connectivity index (χ3v) is 8.89. The van der Waals surface area contributed by atoms with Crippen LogP contribution in [-0.2, 0) is 17.6 Å². The molecule has 1 aliphatic heterocycles. The van der Waals surface area contributed by atoms with E-state index < -0.39 is 5.92 Å². The summed E-state index contributed by atoms with van der Waals surface area (Å²) < 4.78 is 0. The summed E-state index contributed by atoms with van der Waals surface area (Å²) in [5.41, 5.74) is 10.2. The lowest BCUT2D eigenvalue weighted by atomic mass is 9.70. The van der Waals surface area contributed by atoms with E-state index in [4.69, 9.17) is 5.73 Å². The summed E-state index contributed by atoms with van der Waals surface area (Å²) in [5, 5.41) is 23.0. The Morgan fingerprint density at radius 1 is 1.19 bits per heavy atom. The van der Waals surface area contributed by atoms with Crippen molar-refractivity contribution in [3.8, 4) is 12.1 Å². The molecule has 0 radical (unpaired) electrons. The van der Waals surface area contributed by atoms with E-state index in [1.165, 1.54) is 16.2 Å². The number of carbonyl (C=O) groups excluding carboxylic acids is 1.